The molecule has 0 fully saturated rings. The summed E-state index contributed by atoms with van der Waals surface area (Å²) in [6, 6.07) is 11.5. The summed E-state index contributed by atoms with van der Waals surface area (Å²) in [5.41, 5.74) is 2.62. The Bertz CT molecular complexity index is 959. The van der Waals surface area contributed by atoms with Gasteiger partial charge in [0.1, 0.15) is 11.9 Å². The lowest BCUT2D eigenvalue weighted by Crippen LogP contribution is -2.43. The van der Waals surface area contributed by atoms with Gasteiger partial charge in [0.2, 0.25) is 6.43 Å². The molecule has 7 nitrogen and oxygen atoms in total. The van der Waals surface area contributed by atoms with Gasteiger partial charge in [-0.25, -0.2) is 18.6 Å². The van der Waals surface area contributed by atoms with Crippen molar-refractivity contribution in [2.45, 2.75) is 57.4 Å². The van der Waals surface area contributed by atoms with Crippen molar-refractivity contribution in [2.75, 3.05) is 31.5 Å². The van der Waals surface area contributed by atoms with Gasteiger partial charge in [-0.05, 0) is 68.8 Å². The van der Waals surface area contributed by atoms with Crippen LogP contribution in [0.1, 0.15) is 53.7 Å². The third-order valence-electron chi connectivity index (χ3n) is 6.15. The fourth-order valence-electron chi connectivity index (χ4n) is 4.17. The second kappa shape index (κ2) is 13.7. The summed E-state index contributed by atoms with van der Waals surface area (Å²) in [5, 5.41) is 15.4. The van der Waals surface area contributed by atoms with Crippen LogP contribution in [0.3, 0.4) is 0 Å². The lowest BCUT2D eigenvalue weighted by Gasteiger charge is -2.24. The van der Waals surface area contributed by atoms with E-state index in [1.54, 1.807) is 30.3 Å². The summed E-state index contributed by atoms with van der Waals surface area (Å²) in [4.78, 5) is 30.6. The molecule has 2 aromatic rings. The van der Waals surface area contributed by atoms with Crippen LogP contribution in [0.4, 0.5) is 14.6 Å². The number of aryl methyl sites for hydroxylation is 2. The molecular weight excluding hydrogens is 454 g/mol. The number of pyridine rings is 1. The molecule has 9 heteroatoms. The quantitative estimate of drug-likeness (QED) is 0.348. The van der Waals surface area contributed by atoms with Crippen molar-refractivity contribution in [2.24, 2.45) is 0 Å². The average Bonchev–Trinajstić information content (AvgIpc) is 2.86. The van der Waals surface area contributed by atoms with E-state index in [1.165, 1.54) is 5.56 Å². The van der Waals surface area contributed by atoms with Gasteiger partial charge >= 0.3 is 5.97 Å². The van der Waals surface area contributed by atoms with Gasteiger partial charge in [0.05, 0.1) is 0 Å². The summed E-state index contributed by atoms with van der Waals surface area (Å²) in [5.74, 6) is -0.649. The van der Waals surface area contributed by atoms with Crippen molar-refractivity contribution in [1.29, 1.82) is 0 Å². The smallest absolute Gasteiger partial charge is 0.326 e. The Labute approximate surface area is 204 Å². The minimum atomic E-state index is -2.42. The lowest BCUT2D eigenvalue weighted by atomic mass is 10.1. The first kappa shape index (κ1) is 26.5. The second-order valence-electron chi connectivity index (χ2n) is 8.84. The Morgan fingerprint density at radius 3 is 2.57 bits per heavy atom. The number of rotatable bonds is 14. The molecule has 1 aromatic carbocycles. The summed E-state index contributed by atoms with van der Waals surface area (Å²) < 4.78 is 25.7. The molecule has 1 amide bonds. The number of carboxylic acid groups (broad SMARTS) is 1. The molecule has 0 saturated carbocycles. The Morgan fingerprint density at radius 2 is 1.83 bits per heavy atom. The molecule has 3 rings (SSSR count). The van der Waals surface area contributed by atoms with E-state index >= 15 is 0 Å². The highest BCUT2D eigenvalue weighted by Crippen LogP contribution is 2.20. The van der Waals surface area contributed by atoms with E-state index in [0.29, 0.717) is 18.7 Å². The maximum absolute atomic E-state index is 12.8. The molecular formula is C26H34F2N4O3. The van der Waals surface area contributed by atoms with Crippen LogP contribution in [0, 0.1) is 0 Å². The number of hydrogen-bond acceptors (Lipinski definition) is 5. The fourth-order valence-corrected chi connectivity index (χ4v) is 4.17. The minimum Gasteiger partial charge on any atom is -0.480 e. The topological polar surface area (TPSA) is 94.6 Å². The number of alkyl halides is 2. The lowest BCUT2D eigenvalue weighted by molar-refractivity contribution is -0.139. The number of nitrogens with zero attached hydrogens (tertiary/aromatic N) is 2. The molecule has 3 N–H and O–H groups in total. The van der Waals surface area contributed by atoms with Gasteiger partial charge in [-0.2, -0.15) is 0 Å². The number of amides is 1. The van der Waals surface area contributed by atoms with Crippen LogP contribution in [0.2, 0.25) is 0 Å². The number of aliphatic carboxylic acids is 1. The van der Waals surface area contributed by atoms with Crippen molar-refractivity contribution >= 4 is 17.7 Å². The standard InChI is InChI=1S/C26H34F2N4O3/c27-23(28)14-18-32(16-5-4-10-21-12-11-19-9-6-15-29-24(19)30-21)17-13-22(26(34)35)31-25(33)20-7-2-1-3-8-20/h1-3,7-8,11-12,22-23H,4-6,9-10,13-18H2,(H,29,30)(H,31,33)(H,34,35). The van der Waals surface area contributed by atoms with Crippen LogP contribution in [0.5, 0.6) is 0 Å². The first-order valence-corrected chi connectivity index (χ1v) is 12.2. The van der Waals surface area contributed by atoms with Crippen molar-refractivity contribution in [3.05, 3.63) is 59.3 Å². The number of halogens is 2. The Kier molecular flexibility index (Phi) is 10.4. The number of unbranched alkanes of at least 4 members (excludes halogenated alkanes) is 1. The van der Waals surface area contributed by atoms with E-state index in [0.717, 1.165) is 50.2 Å². The summed E-state index contributed by atoms with van der Waals surface area (Å²) in [7, 11) is 0. The van der Waals surface area contributed by atoms with Gasteiger partial charge in [-0.1, -0.05) is 24.3 Å². The zero-order chi connectivity index (χ0) is 25.0. The Hall–Kier alpha value is -3.07. The van der Waals surface area contributed by atoms with Crippen molar-refractivity contribution in [3.8, 4) is 0 Å². The molecule has 2 heterocycles. The fraction of sp³-hybridized carbons (Fsp3) is 0.500. The number of aromatic nitrogens is 1. The van der Waals surface area contributed by atoms with E-state index in [9.17, 15) is 23.5 Å². The molecule has 35 heavy (non-hydrogen) atoms. The van der Waals surface area contributed by atoms with Gasteiger partial charge < -0.3 is 20.6 Å². The summed E-state index contributed by atoms with van der Waals surface area (Å²) in [6.45, 7) is 2.00. The van der Waals surface area contributed by atoms with Crippen molar-refractivity contribution in [1.82, 2.24) is 15.2 Å². The van der Waals surface area contributed by atoms with Crippen LogP contribution < -0.4 is 10.6 Å². The van der Waals surface area contributed by atoms with Crippen LogP contribution in [-0.4, -0.2) is 65.5 Å². The zero-order valence-corrected chi connectivity index (χ0v) is 19.9. The number of carboxylic acids is 1. The third-order valence-corrected chi connectivity index (χ3v) is 6.15. The maximum atomic E-state index is 12.8. The normalized spacial score (nSPS) is 13.8. The van der Waals surface area contributed by atoms with E-state index in [1.807, 2.05) is 11.0 Å². The number of carbonyl (C=O) groups excluding carboxylic acids is 1. The number of carbonyl (C=O) groups is 2. The predicted molar refractivity (Wildman–Crippen MR) is 131 cm³/mol. The molecule has 0 aliphatic carbocycles. The number of fused-ring (bicyclic) bond motifs is 1. The molecule has 190 valence electrons. The van der Waals surface area contributed by atoms with E-state index in [2.05, 4.69) is 16.7 Å². The van der Waals surface area contributed by atoms with Gasteiger partial charge in [-0.15, -0.1) is 0 Å². The Morgan fingerprint density at radius 1 is 1.06 bits per heavy atom. The van der Waals surface area contributed by atoms with Crippen LogP contribution in [-0.2, 0) is 17.6 Å². The van der Waals surface area contributed by atoms with E-state index in [4.69, 9.17) is 4.98 Å². The highest BCUT2D eigenvalue weighted by molar-refractivity contribution is 5.96. The number of benzene rings is 1. The Balaban J connectivity index is 1.48. The van der Waals surface area contributed by atoms with Crippen LogP contribution in [0.25, 0.3) is 0 Å². The summed E-state index contributed by atoms with van der Waals surface area (Å²) >= 11 is 0. The molecule has 1 aliphatic heterocycles. The molecule has 0 spiro atoms. The molecule has 1 unspecified atom stereocenters. The van der Waals surface area contributed by atoms with E-state index in [-0.39, 0.29) is 19.4 Å². The second-order valence-corrected chi connectivity index (χ2v) is 8.84. The molecule has 0 saturated heterocycles. The zero-order valence-electron chi connectivity index (χ0n) is 19.9. The molecule has 0 bridgehead atoms. The van der Waals surface area contributed by atoms with Crippen molar-refractivity contribution in [3.63, 3.8) is 0 Å². The average molecular weight is 489 g/mol. The molecule has 1 aliphatic rings. The van der Waals surface area contributed by atoms with Gasteiger partial charge in [-0.3, -0.25) is 4.79 Å². The minimum absolute atomic E-state index is 0.134. The number of nitrogens with one attached hydrogen (secondary N) is 2. The molecule has 1 atom stereocenters. The first-order chi connectivity index (χ1) is 16.9. The van der Waals surface area contributed by atoms with Crippen LogP contribution in [0.15, 0.2) is 42.5 Å². The maximum Gasteiger partial charge on any atom is 0.326 e. The first-order valence-electron chi connectivity index (χ1n) is 12.2. The summed E-state index contributed by atoms with van der Waals surface area (Å²) in [6.07, 6.45) is 2.02. The van der Waals surface area contributed by atoms with Gasteiger partial charge in [0, 0.05) is 37.3 Å². The van der Waals surface area contributed by atoms with E-state index < -0.39 is 24.3 Å². The highest BCUT2D eigenvalue weighted by atomic mass is 19.3. The number of hydrogen-bond donors (Lipinski definition) is 3. The number of anilines is 1. The third kappa shape index (κ3) is 8.90. The van der Waals surface area contributed by atoms with Crippen LogP contribution >= 0.6 is 0 Å². The SMILES string of the molecule is O=C(NC(CCN(CCCCc1ccc2c(n1)NCCC2)CCC(F)F)C(=O)O)c1ccccc1. The highest BCUT2D eigenvalue weighted by Gasteiger charge is 2.22. The monoisotopic (exact) mass is 488 g/mol. The predicted octanol–water partition coefficient (Wildman–Crippen LogP) is 3.99. The molecule has 0 radical (unpaired) electrons. The van der Waals surface area contributed by atoms with Gasteiger partial charge in [0.25, 0.3) is 5.91 Å². The largest absolute Gasteiger partial charge is 0.480 e. The molecule has 1 aromatic heterocycles. The van der Waals surface area contributed by atoms with Gasteiger partial charge in [0.15, 0.2) is 0 Å². The van der Waals surface area contributed by atoms with Crippen molar-refractivity contribution < 1.29 is 23.5 Å².